The number of aryl methyl sites for hydroxylation is 2. The van der Waals surface area contributed by atoms with Crippen LogP contribution < -0.4 is 0 Å². The van der Waals surface area contributed by atoms with E-state index >= 15 is 0 Å². The van der Waals surface area contributed by atoms with E-state index in [0.29, 0.717) is 0 Å². The molecule has 0 bridgehead atoms. The largest absolute Gasteiger partial charge is 0.207 e. The van der Waals surface area contributed by atoms with E-state index in [1.165, 1.54) is 55.2 Å². The van der Waals surface area contributed by atoms with Gasteiger partial charge in [-0.05, 0) is 91.3 Å². The van der Waals surface area contributed by atoms with Crippen LogP contribution in [-0.4, -0.2) is 0 Å². The average molecular weight is 324 g/mol. The molecule has 1 aliphatic rings. The summed E-state index contributed by atoms with van der Waals surface area (Å²) in [6.07, 6.45) is 8.15. The van der Waals surface area contributed by atoms with Crippen LogP contribution in [0.2, 0.25) is 0 Å². The van der Waals surface area contributed by atoms with Crippen molar-refractivity contribution in [3.63, 3.8) is 0 Å². The Morgan fingerprint density at radius 1 is 0.917 bits per heavy atom. The zero-order chi connectivity index (χ0) is 17.1. The first-order chi connectivity index (χ1) is 11.6. The van der Waals surface area contributed by atoms with Crippen molar-refractivity contribution >= 4 is 0 Å². The standard InChI is InChI=1S/C23H29F/c1-4-5-18-6-8-19(9-7-18)20-10-12-21(13-11-20)23-16(2)14-22(24)15-17(23)3/h10-15,18-19H,4-9H2,1-3H3. The van der Waals surface area contributed by atoms with Gasteiger partial charge in [0, 0.05) is 0 Å². The SMILES string of the molecule is CCCC1CCC(c2ccc(-c3c(C)cc(F)cc3C)cc2)CC1. The van der Waals surface area contributed by atoms with Crippen LogP contribution in [0.25, 0.3) is 11.1 Å². The Kier molecular flexibility index (Phi) is 5.38. The topological polar surface area (TPSA) is 0 Å². The molecule has 0 spiro atoms. The molecular weight excluding hydrogens is 295 g/mol. The number of benzene rings is 2. The summed E-state index contributed by atoms with van der Waals surface area (Å²) in [5.74, 6) is 1.53. The second kappa shape index (κ2) is 7.51. The van der Waals surface area contributed by atoms with Gasteiger partial charge in [-0.3, -0.25) is 0 Å². The molecule has 128 valence electrons. The lowest BCUT2D eigenvalue weighted by molar-refractivity contribution is 0.308. The molecule has 2 aromatic carbocycles. The van der Waals surface area contributed by atoms with Gasteiger partial charge in [-0.1, -0.05) is 44.0 Å². The third-order valence-electron chi connectivity index (χ3n) is 5.71. The molecule has 1 aliphatic carbocycles. The number of hydrogen-bond acceptors (Lipinski definition) is 0. The van der Waals surface area contributed by atoms with E-state index in [9.17, 15) is 4.39 Å². The molecule has 1 saturated carbocycles. The summed E-state index contributed by atoms with van der Waals surface area (Å²) >= 11 is 0. The maximum atomic E-state index is 13.5. The van der Waals surface area contributed by atoms with Crippen molar-refractivity contribution in [2.75, 3.05) is 0 Å². The fraction of sp³-hybridized carbons (Fsp3) is 0.478. The van der Waals surface area contributed by atoms with Crippen molar-refractivity contribution in [2.24, 2.45) is 5.92 Å². The van der Waals surface area contributed by atoms with E-state index in [1.807, 2.05) is 13.8 Å². The molecule has 3 rings (SSSR count). The average Bonchev–Trinajstić information content (AvgIpc) is 2.56. The Morgan fingerprint density at radius 2 is 1.50 bits per heavy atom. The normalized spacial score (nSPS) is 21.0. The van der Waals surface area contributed by atoms with E-state index in [4.69, 9.17) is 0 Å². The molecule has 0 amide bonds. The van der Waals surface area contributed by atoms with Crippen LogP contribution in [0.3, 0.4) is 0 Å². The lowest BCUT2D eigenvalue weighted by atomic mass is 9.77. The quantitative estimate of drug-likeness (QED) is 0.558. The lowest BCUT2D eigenvalue weighted by Crippen LogP contribution is -2.13. The van der Waals surface area contributed by atoms with Gasteiger partial charge >= 0.3 is 0 Å². The molecule has 0 aliphatic heterocycles. The van der Waals surface area contributed by atoms with Crippen LogP contribution in [0, 0.1) is 25.6 Å². The van der Waals surface area contributed by atoms with Crippen LogP contribution in [0.1, 0.15) is 68.1 Å². The first-order valence-electron chi connectivity index (χ1n) is 9.45. The minimum absolute atomic E-state index is 0.144. The smallest absolute Gasteiger partial charge is 0.123 e. The third-order valence-corrected chi connectivity index (χ3v) is 5.71. The van der Waals surface area contributed by atoms with E-state index in [0.717, 1.165) is 23.0 Å². The van der Waals surface area contributed by atoms with Gasteiger partial charge in [-0.2, -0.15) is 0 Å². The highest BCUT2D eigenvalue weighted by Gasteiger charge is 2.21. The molecule has 2 aromatic rings. The van der Waals surface area contributed by atoms with E-state index in [1.54, 1.807) is 12.1 Å². The Morgan fingerprint density at radius 3 is 2.04 bits per heavy atom. The summed E-state index contributed by atoms with van der Waals surface area (Å²) in [6, 6.07) is 12.3. The van der Waals surface area contributed by atoms with E-state index < -0.39 is 0 Å². The van der Waals surface area contributed by atoms with Gasteiger partial charge < -0.3 is 0 Å². The maximum absolute atomic E-state index is 13.5. The summed E-state index contributed by atoms with van der Waals surface area (Å²) < 4.78 is 13.5. The zero-order valence-electron chi connectivity index (χ0n) is 15.2. The fourth-order valence-corrected chi connectivity index (χ4v) is 4.48. The maximum Gasteiger partial charge on any atom is 0.123 e. The molecule has 0 heterocycles. The molecule has 0 aromatic heterocycles. The lowest BCUT2D eigenvalue weighted by Gasteiger charge is -2.28. The van der Waals surface area contributed by atoms with Gasteiger partial charge in [0.2, 0.25) is 0 Å². The molecule has 1 heteroatoms. The van der Waals surface area contributed by atoms with Crippen molar-refractivity contribution in [1.29, 1.82) is 0 Å². The molecule has 0 unspecified atom stereocenters. The van der Waals surface area contributed by atoms with Gasteiger partial charge in [-0.15, -0.1) is 0 Å². The van der Waals surface area contributed by atoms with Crippen LogP contribution in [0.4, 0.5) is 4.39 Å². The van der Waals surface area contributed by atoms with Gasteiger partial charge in [0.15, 0.2) is 0 Å². The summed E-state index contributed by atoms with van der Waals surface area (Å²) in [7, 11) is 0. The summed E-state index contributed by atoms with van der Waals surface area (Å²) in [6.45, 7) is 6.28. The number of halogens is 1. The van der Waals surface area contributed by atoms with Gasteiger partial charge in [0.1, 0.15) is 5.82 Å². The number of rotatable bonds is 4. The van der Waals surface area contributed by atoms with Crippen LogP contribution in [0.5, 0.6) is 0 Å². The summed E-state index contributed by atoms with van der Waals surface area (Å²) in [5.41, 5.74) is 5.88. The van der Waals surface area contributed by atoms with Gasteiger partial charge in [-0.25, -0.2) is 4.39 Å². The Labute approximate surface area is 146 Å². The monoisotopic (exact) mass is 324 g/mol. The van der Waals surface area contributed by atoms with Crippen LogP contribution in [-0.2, 0) is 0 Å². The van der Waals surface area contributed by atoms with E-state index in [-0.39, 0.29) is 5.82 Å². The Hall–Kier alpha value is -1.63. The predicted molar refractivity (Wildman–Crippen MR) is 101 cm³/mol. The van der Waals surface area contributed by atoms with Crippen LogP contribution >= 0.6 is 0 Å². The summed E-state index contributed by atoms with van der Waals surface area (Å²) in [4.78, 5) is 0. The van der Waals surface area contributed by atoms with E-state index in [2.05, 4.69) is 31.2 Å². The second-order valence-electron chi connectivity index (χ2n) is 7.54. The molecule has 0 radical (unpaired) electrons. The minimum Gasteiger partial charge on any atom is -0.207 e. The van der Waals surface area contributed by atoms with Crippen molar-refractivity contribution in [3.05, 3.63) is 58.9 Å². The molecule has 0 saturated heterocycles. The first-order valence-corrected chi connectivity index (χ1v) is 9.45. The molecular formula is C23H29F. The highest BCUT2D eigenvalue weighted by molar-refractivity contribution is 5.71. The molecule has 0 atom stereocenters. The van der Waals surface area contributed by atoms with Gasteiger partial charge in [0.25, 0.3) is 0 Å². The Balaban J connectivity index is 1.75. The van der Waals surface area contributed by atoms with Crippen molar-refractivity contribution < 1.29 is 4.39 Å². The fourth-order valence-electron chi connectivity index (χ4n) is 4.48. The minimum atomic E-state index is -0.144. The second-order valence-corrected chi connectivity index (χ2v) is 7.54. The van der Waals surface area contributed by atoms with Gasteiger partial charge in [0.05, 0.1) is 0 Å². The number of hydrogen-bond donors (Lipinski definition) is 0. The van der Waals surface area contributed by atoms with Crippen molar-refractivity contribution in [3.8, 4) is 11.1 Å². The Bertz CT molecular complexity index is 653. The van der Waals surface area contributed by atoms with Crippen LogP contribution in [0.15, 0.2) is 36.4 Å². The molecule has 1 fully saturated rings. The predicted octanol–water partition coefficient (Wildman–Crippen LogP) is 7.18. The highest BCUT2D eigenvalue weighted by Crippen LogP contribution is 2.38. The van der Waals surface area contributed by atoms with Crippen molar-refractivity contribution in [1.82, 2.24) is 0 Å². The molecule has 24 heavy (non-hydrogen) atoms. The highest BCUT2D eigenvalue weighted by atomic mass is 19.1. The third kappa shape index (κ3) is 3.71. The molecule has 0 N–H and O–H groups in total. The zero-order valence-corrected chi connectivity index (χ0v) is 15.2. The van der Waals surface area contributed by atoms with Crippen molar-refractivity contribution in [2.45, 2.75) is 65.2 Å². The molecule has 0 nitrogen and oxygen atoms in total. The summed E-state index contributed by atoms with van der Waals surface area (Å²) in [5, 5.41) is 0. The first kappa shape index (κ1) is 17.2.